The molecule has 138 valence electrons. The van der Waals surface area contributed by atoms with E-state index >= 15 is 0 Å². The second-order valence-corrected chi connectivity index (χ2v) is 8.22. The van der Waals surface area contributed by atoms with Crippen LogP contribution in [0, 0.1) is 25.2 Å². The summed E-state index contributed by atoms with van der Waals surface area (Å²) in [5.74, 6) is -0.435. The summed E-state index contributed by atoms with van der Waals surface area (Å²) in [7, 11) is 0. The summed E-state index contributed by atoms with van der Waals surface area (Å²) in [6, 6.07) is 11.8. The van der Waals surface area contributed by atoms with Crippen molar-refractivity contribution in [3.63, 3.8) is 0 Å². The molecule has 0 fully saturated rings. The van der Waals surface area contributed by atoms with Crippen LogP contribution in [0.25, 0.3) is 0 Å². The summed E-state index contributed by atoms with van der Waals surface area (Å²) in [5.41, 5.74) is 3.42. The molecule has 3 rings (SSSR count). The van der Waals surface area contributed by atoms with Crippen LogP contribution in [0.4, 0.5) is 5.69 Å². The lowest BCUT2D eigenvalue weighted by Gasteiger charge is -2.23. The highest BCUT2D eigenvalue weighted by atomic mass is 32.2. The van der Waals surface area contributed by atoms with Gasteiger partial charge in [-0.2, -0.15) is 5.26 Å². The van der Waals surface area contributed by atoms with Gasteiger partial charge in [-0.1, -0.05) is 30.0 Å². The van der Waals surface area contributed by atoms with E-state index in [4.69, 9.17) is 0 Å². The van der Waals surface area contributed by atoms with Gasteiger partial charge in [-0.15, -0.1) is 11.3 Å². The molecule has 0 spiro atoms. The quantitative estimate of drug-likeness (QED) is 0.797. The number of aryl methyl sites for hydroxylation is 1. The Morgan fingerprint density at radius 3 is 2.89 bits per heavy atom. The first-order valence-corrected chi connectivity index (χ1v) is 10.3. The number of nitrogens with zero attached hydrogens (tertiary/aromatic N) is 1. The molecule has 1 aliphatic heterocycles. The Morgan fingerprint density at radius 1 is 1.37 bits per heavy atom. The Hall–Kier alpha value is -2.56. The number of amides is 2. The normalized spacial score (nSPS) is 16.6. The Kier molecular flexibility index (Phi) is 5.99. The number of thiophene rings is 1. The number of hydrogen-bond donors (Lipinski definition) is 2. The van der Waals surface area contributed by atoms with E-state index in [-0.39, 0.29) is 29.9 Å². The highest BCUT2D eigenvalue weighted by molar-refractivity contribution is 8.03. The van der Waals surface area contributed by atoms with E-state index in [0.717, 1.165) is 21.7 Å². The molecule has 5 nitrogen and oxygen atoms in total. The Morgan fingerprint density at radius 2 is 2.19 bits per heavy atom. The van der Waals surface area contributed by atoms with Crippen LogP contribution in [0.5, 0.6) is 0 Å². The molecule has 7 heteroatoms. The van der Waals surface area contributed by atoms with Gasteiger partial charge >= 0.3 is 0 Å². The summed E-state index contributed by atoms with van der Waals surface area (Å²) >= 11 is 2.72. The average molecular weight is 398 g/mol. The van der Waals surface area contributed by atoms with Crippen LogP contribution < -0.4 is 10.6 Å². The van der Waals surface area contributed by atoms with Crippen LogP contribution in [0.3, 0.4) is 0 Å². The molecular weight excluding hydrogens is 378 g/mol. The standard InChI is InChI=1S/C20H19N3O2S2/c1-12-5-3-6-16(13(12)2)22-19(25)11-27-20-15(10-21)14(9-18(24)23-20)17-7-4-8-26-17/h3-8,14H,9,11H2,1-2H3,(H,22,25)(H,23,24)/t14-/m1/s1. The maximum absolute atomic E-state index is 12.4. The molecule has 1 aromatic carbocycles. The van der Waals surface area contributed by atoms with Crippen molar-refractivity contribution in [1.82, 2.24) is 5.32 Å². The number of hydrogen-bond acceptors (Lipinski definition) is 5. The molecule has 0 unspecified atom stereocenters. The van der Waals surface area contributed by atoms with Gasteiger partial charge in [0, 0.05) is 22.9 Å². The first-order valence-electron chi connectivity index (χ1n) is 8.46. The zero-order valence-electron chi connectivity index (χ0n) is 15.0. The van der Waals surface area contributed by atoms with Crippen LogP contribution in [0.2, 0.25) is 0 Å². The molecular formula is C20H19N3O2S2. The maximum atomic E-state index is 12.4. The van der Waals surface area contributed by atoms with Gasteiger partial charge in [0.1, 0.15) is 0 Å². The first kappa shape index (κ1) is 19.2. The first-order chi connectivity index (χ1) is 13.0. The van der Waals surface area contributed by atoms with Crippen LogP contribution in [0.1, 0.15) is 28.3 Å². The SMILES string of the molecule is Cc1cccc(NC(=O)CSC2=C(C#N)[C@H](c3cccs3)CC(=O)N2)c1C. The second kappa shape index (κ2) is 8.42. The van der Waals surface area contributed by atoms with Gasteiger partial charge in [-0.25, -0.2) is 0 Å². The van der Waals surface area contributed by atoms with E-state index < -0.39 is 0 Å². The molecule has 0 bridgehead atoms. The fourth-order valence-electron chi connectivity index (χ4n) is 2.88. The fourth-order valence-corrected chi connectivity index (χ4v) is 4.59. The van der Waals surface area contributed by atoms with Gasteiger partial charge in [0.25, 0.3) is 0 Å². The number of thioether (sulfide) groups is 1. The molecule has 0 aliphatic carbocycles. The monoisotopic (exact) mass is 397 g/mol. The molecule has 0 radical (unpaired) electrons. The summed E-state index contributed by atoms with van der Waals surface area (Å²) in [5, 5.41) is 17.7. The van der Waals surface area contributed by atoms with Crippen molar-refractivity contribution < 1.29 is 9.59 Å². The van der Waals surface area contributed by atoms with E-state index in [0.29, 0.717) is 10.6 Å². The third-order valence-corrected chi connectivity index (χ3v) is 6.47. The van der Waals surface area contributed by atoms with Crippen LogP contribution in [-0.4, -0.2) is 17.6 Å². The van der Waals surface area contributed by atoms with Gasteiger partial charge in [0.2, 0.25) is 11.8 Å². The van der Waals surface area contributed by atoms with Gasteiger partial charge in [0.05, 0.1) is 22.4 Å². The highest BCUT2D eigenvalue weighted by Gasteiger charge is 2.30. The lowest BCUT2D eigenvalue weighted by molar-refractivity contribution is -0.121. The van der Waals surface area contributed by atoms with Gasteiger partial charge in [-0.3, -0.25) is 9.59 Å². The molecule has 1 aliphatic rings. The lowest BCUT2D eigenvalue weighted by atomic mass is 9.93. The largest absolute Gasteiger partial charge is 0.325 e. The number of rotatable bonds is 5. The van der Waals surface area contributed by atoms with Crippen molar-refractivity contribution in [3.05, 3.63) is 62.3 Å². The van der Waals surface area contributed by atoms with Crippen molar-refractivity contribution in [2.75, 3.05) is 11.1 Å². The average Bonchev–Trinajstić information content (AvgIpc) is 3.18. The molecule has 27 heavy (non-hydrogen) atoms. The zero-order valence-corrected chi connectivity index (χ0v) is 16.7. The van der Waals surface area contributed by atoms with Crippen molar-refractivity contribution in [1.29, 1.82) is 5.26 Å². The lowest BCUT2D eigenvalue weighted by Crippen LogP contribution is -2.31. The summed E-state index contributed by atoms with van der Waals surface area (Å²) in [6.07, 6.45) is 0.252. The van der Waals surface area contributed by atoms with Gasteiger partial charge < -0.3 is 10.6 Å². The van der Waals surface area contributed by atoms with Crippen LogP contribution in [0.15, 0.2) is 46.3 Å². The predicted molar refractivity (Wildman–Crippen MR) is 109 cm³/mol. The third-order valence-electron chi connectivity index (χ3n) is 4.47. The van der Waals surface area contributed by atoms with E-state index in [1.54, 1.807) is 0 Å². The smallest absolute Gasteiger partial charge is 0.234 e. The van der Waals surface area contributed by atoms with Gasteiger partial charge in [-0.05, 0) is 42.5 Å². The molecule has 2 aromatic rings. The molecule has 1 aromatic heterocycles. The van der Waals surface area contributed by atoms with E-state index in [2.05, 4.69) is 16.7 Å². The summed E-state index contributed by atoms with van der Waals surface area (Å²) < 4.78 is 0. The summed E-state index contributed by atoms with van der Waals surface area (Å²) in [4.78, 5) is 25.4. The molecule has 2 N–H and O–H groups in total. The third kappa shape index (κ3) is 4.41. The Bertz CT molecular complexity index is 943. The second-order valence-electron chi connectivity index (χ2n) is 6.26. The Balaban J connectivity index is 1.73. The van der Waals surface area contributed by atoms with E-state index in [9.17, 15) is 14.9 Å². The fraction of sp³-hybridized carbons (Fsp3) is 0.250. The zero-order chi connectivity index (χ0) is 19.4. The topological polar surface area (TPSA) is 82.0 Å². The summed E-state index contributed by atoms with van der Waals surface area (Å²) in [6.45, 7) is 3.95. The number of nitriles is 1. The number of benzene rings is 1. The molecule has 1 atom stereocenters. The van der Waals surface area contributed by atoms with Gasteiger partial charge in [0.15, 0.2) is 0 Å². The highest BCUT2D eigenvalue weighted by Crippen LogP contribution is 2.37. The molecule has 2 heterocycles. The number of carbonyl (C=O) groups is 2. The number of anilines is 1. The minimum absolute atomic E-state index is 0.116. The molecule has 0 saturated carbocycles. The molecule has 2 amide bonds. The minimum atomic E-state index is -0.242. The van der Waals surface area contributed by atoms with E-state index in [1.807, 2.05) is 49.6 Å². The minimum Gasteiger partial charge on any atom is -0.325 e. The number of nitrogens with one attached hydrogen (secondary N) is 2. The van der Waals surface area contributed by atoms with Crippen molar-refractivity contribution >= 4 is 40.6 Å². The van der Waals surface area contributed by atoms with Crippen LogP contribution >= 0.6 is 23.1 Å². The maximum Gasteiger partial charge on any atom is 0.234 e. The van der Waals surface area contributed by atoms with Crippen molar-refractivity contribution in [3.8, 4) is 6.07 Å². The van der Waals surface area contributed by atoms with Crippen molar-refractivity contribution in [2.45, 2.75) is 26.2 Å². The number of carbonyl (C=O) groups excluding carboxylic acids is 2. The number of allylic oxidation sites excluding steroid dienone is 1. The van der Waals surface area contributed by atoms with E-state index in [1.165, 1.54) is 23.1 Å². The predicted octanol–water partition coefficient (Wildman–Crippen LogP) is 4.08. The molecule has 0 saturated heterocycles. The van der Waals surface area contributed by atoms with Crippen molar-refractivity contribution in [2.24, 2.45) is 0 Å². The van der Waals surface area contributed by atoms with Crippen LogP contribution in [-0.2, 0) is 9.59 Å². The Labute approximate surface area is 166 Å².